The van der Waals surface area contributed by atoms with Crippen molar-refractivity contribution < 1.29 is 9.47 Å². The summed E-state index contributed by atoms with van der Waals surface area (Å²) >= 11 is 0. The number of anilines is 3. The Morgan fingerprint density at radius 3 is 2.64 bits per heavy atom. The standard InChI is InChI=1S/C21H23N5O2/c1-15-14-18(24-17-6-2-4-16-5-3-9-22-19(16)17)25-20(23-15)26-10-7-21(8-11-26)27-12-13-28-21/h2-6,9,14H,7-8,10-13H2,1H3,(H,23,24,25). The van der Waals surface area contributed by atoms with Gasteiger partial charge >= 0.3 is 0 Å². The molecule has 5 rings (SSSR count). The Hall–Kier alpha value is -2.77. The summed E-state index contributed by atoms with van der Waals surface area (Å²) in [5.74, 6) is 1.12. The van der Waals surface area contributed by atoms with Crippen molar-refractivity contribution in [3.8, 4) is 0 Å². The van der Waals surface area contributed by atoms with Gasteiger partial charge in [0.1, 0.15) is 5.82 Å². The van der Waals surface area contributed by atoms with E-state index in [2.05, 4.69) is 32.3 Å². The second kappa shape index (κ2) is 7.00. The molecule has 0 amide bonds. The maximum Gasteiger partial charge on any atom is 0.227 e. The molecule has 2 aliphatic rings. The number of aryl methyl sites for hydroxylation is 1. The van der Waals surface area contributed by atoms with Crippen molar-refractivity contribution in [2.45, 2.75) is 25.6 Å². The molecule has 2 saturated heterocycles. The van der Waals surface area contributed by atoms with Crippen molar-refractivity contribution in [2.24, 2.45) is 0 Å². The van der Waals surface area contributed by atoms with E-state index in [1.165, 1.54) is 0 Å². The van der Waals surface area contributed by atoms with E-state index in [-0.39, 0.29) is 0 Å². The number of pyridine rings is 1. The molecule has 3 aromatic rings. The van der Waals surface area contributed by atoms with Crippen LogP contribution in [-0.2, 0) is 9.47 Å². The Kier molecular flexibility index (Phi) is 4.33. The minimum absolute atomic E-state index is 0.393. The van der Waals surface area contributed by atoms with Crippen molar-refractivity contribution in [3.63, 3.8) is 0 Å². The van der Waals surface area contributed by atoms with Crippen molar-refractivity contribution in [1.29, 1.82) is 0 Å². The molecule has 1 spiro atoms. The van der Waals surface area contributed by atoms with E-state index in [1.807, 2.05) is 31.2 Å². The van der Waals surface area contributed by atoms with Gasteiger partial charge in [-0.2, -0.15) is 4.98 Å². The van der Waals surface area contributed by atoms with E-state index in [4.69, 9.17) is 14.5 Å². The lowest BCUT2D eigenvalue weighted by molar-refractivity contribution is -0.169. The van der Waals surface area contributed by atoms with Gasteiger partial charge in [-0.25, -0.2) is 4.98 Å². The van der Waals surface area contributed by atoms with Gasteiger partial charge in [-0.15, -0.1) is 0 Å². The molecule has 28 heavy (non-hydrogen) atoms. The highest BCUT2D eigenvalue weighted by Crippen LogP contribution is 2.33. The van der Waals surface area contributed by atoms with Gasteiger partial charge in [0.05, 0.1) is 24.4 Å². The molecule has 0 radical (unpaired) electrons. The lowest BCUT2D eigenvalue weighted by Crippen LogP contribution is -2.45. The van der Waals surface area contributed by atoms with E-state index in [0.29, 0.717) is 13.2 Å². The third-order valence-electron chi connectivity index (χ3n) is 5.36. The average Bonchev–Trinajstić information content (AvgIpc) is 3.16. The lowest BCUT2D eigenvalue weighted by atomic mass is 10.0. The topological polar surface area (TPSA) is 72.4 Å². The number of rotatable bonds is 3. The zero-order valence-electron chi connectivity index (χ0n) is 15.9. The van der Waals surface area contributed by atoms with Crippen LogP contribution in [0.5, 0.6) is 0 Å². The van der Waals surface area contributed by atoms with E-state index in [0.717, 1.165) is 60.0 Å². The van der Waals surface area contributed by atoms with Crippen LogP contribution in [0, 0.1) is 6.92 Å². The second-order valence-corrected chi connectivity index (χ2v) is 7.29. The van der Waals surface area contributed by atoms with Crippen LogP contribution in [0.2, 0.25) is 0 Å². The summed E-state index contributed by atoms with van der Waals surface area (Å²) in [5, 5.41) is 4.52. The van der Waals surface area contributed by atoms with Gasteiger partial charge < -0.3 is 19.7 Å². The third kappa shape index (κ3) is 3.27. The normalized spacial score (nSPS) is 18.7. The van der Waals surface area contributed by atoms with Crippen molar-refractivity contribution >= 4 is 28.4 Å². The molecule has 1 aromatic carbocycles. The zero-order chi connectivity index (χ0) is 19.0. The number of ether oxygens (including phenoxy) is 2. The van der Waals surface area contributed by atoms with Gasteiger partial charge in [0.15, 0.2) is 5.79 Å². The Bertz CT molecular complexity index is 988. The molecular formula is C21H23N5O2. The summed E-state index contributed by atoms with van der Waals surface area (Å²) in [4.78, 5) is 16.1. The number of para-hydroxylation sites is 1. The summed E-state index contributed by atoms with van der Waals surface area (Å²) in [6.45, 7) is 5.01. The highest BCUT2D eigenvalue weighted by Gasteiger charge is 2.40. The zero-order valence-corrected chi connectivity index (χ0v) is 15.9. The van der Waals surface area contributed by atoms with Crippen molar-refractivity contribution in [1.82, 2.24) is 15.0 Å². The second-order valence-electron chi connectivity index (χ2n) is 7.29. The quantitative estimate of drug-likeness (QED) is 0.750. The number of piperidine rings is 1. The van der Waals surface area contributed by atoms with Gasteiger partial charge in [0, 0.05) is 49.3 Å². The van der Waals surface area contributed by atoms with E-state index in [9.17, 15) is 0 Å². The number of nitrogens with one attached hydrogen (secondary N) is 1. The van der Waals surface area contributed by atoms with Crippen LogP contribution in [0.15, 0.2) is 42.6 Å². The molecule has 0 atom stereocenters. The molecule has 0 bridgehead atoms. The smallest absolute Gasteiger partial charge is 0.227 e. The molecule has 2 aliphatic heterocycles. The molecule has 144 valence electrons. The number of nitrogens with zero attached hydrogens (tertiary/aromatic N) is 4. The first-order valence-corrected chi connectivity index (χ1v) is 9.70. The molecule has 1 N–H and O–H groups in total. The van der Waals surface area contributed by atoms with Gasteiger partial charge in [0.2, 0.25) is 5.95 Å². The Balaban J connectivity index is 1.39. The first-order chi connectivity index (χ1) is 13.7. The monoisotopic (exact) mass is 377 g/mol. The third-order valence-corrected chi connectivity index (χ3v) is 5.36. The predicted molar refractivity (Wildman–Crippen MR) is 108 cm³/mol. The highest BCUT2D eigenvalue weighted by atomic mass is 16.7. The largest absolute Gasteiger partial charge is 0.347 e. The molecule has 0 saturated carbocycles. The molecule has 0 unspecified atom stereocenters. The molecule has 7 nitrogen and oxygen atoms in total. The Morgan fingerprint density at radius 1 is 1.04 bits per heavy atom. The minimum atomic E-state index is -0.393. The van der Waals surface area contributed by atoms with Crippen molar-refractivity contribution in [3.05, 3.63) is 48.3 Å². The number of hydrogen-bond donors (Lipinski definition) is 1. The molecule has 7 heteroatoms. The van der Waals surface area contributed by atoms with Crippen LogP contribution in [0.4, 0.5) is 17.5 Å². The summed E-state index contributed by atoms with van der Waals surface area (Å²) < 4.78 is 11.6. The first kappa shape index (κ1) is 17.3. The Morgan fingerprint density at radius 2 is 1.82 bits per heavy atom. The van der Waals surface area contributed by atoms with Crippen LogP contribution in [0.25, 0.3) is 10.9 Å². The van der Waals surface area contributed by atoms with E-state index in [1.54, 1.807) is 6.20 Å². The number of hydrogen-bond acceptors (Lipinski definition) is 7. The van der Waals surface area contributed by atoms with Crippen LogP contribution in [0.3, 0.4) is 0 Å². The molecule has 2 aromatic heterocycles. The molecule has 4 heterocycles. The highest BCUT2D eigenvalue weighted by molar-refractivity contribution is 5.91. The number of aromatic nitrogens is 3. The fourth-order valence-electron chi connectivity index (χ4n) is 3.93. The predicted octanol–water partition coefficient (Wildman–Crippen LogP) is 3.42. The molecule has 2 fully saturated rings. The molecular weight excluding hydrogens is 354 g/mol. The maximum absolute atomic E-state index is 5.82. The van der Waals surface area contributed by atoms with Gasteiger partial charge in [-0.3, -0.25) is 4.98 Å². The molecule has 0 aliphatic carbocycles. The van der Waals surface area contributed by atoms with Crippen LogP contribution >= 0.6 is 0 Å². The van der Waals surface area contributed by atoms with E-state index < -0.39 is 5.79 Å². The van der Waals surface area contributed by atoms with Crippen LogP contribution in [-0.4, -0.2) is 47.0 Å². The summed E-state index contributed by atoms with van der Waals surface area (Å²) in [7, 11) is 0. The van der Waals surface area contributed by atoms with Crippen LogP contribution < -0.4 is 10.2 Å². The lowest BCUT2D eigenvalue weighted by Gasteiger charge is -2.37. The Labute approximate surface area is 163 Å². The summed E-state index contributed by atoms with van der Waals surface area (Å²) in [6, 6.07) is 12.1. The van der Waals surface area contributed by atoms with Gasteiger partial charge in [0.25, 0.3) is 0 Å². The number of benzene rings is 1. The SMILES string of the molecule is Cc1cc(Nc2cccc3cccnc23)nc(N2CCC3(CC2)OCCO3)n1. The van der Waals surface area contributed by atoms with Gasteiger partial charge in [-0.05, 0) is 19.1 Å². The minimum Gasteiger partial charge on any atom is -0.347 e. The number of fused-ring (bicyclic) bond motifs is 1. The fraction of sp³-hybridized carbons (Fsp3) is 0.381. The fourth-order valence-corrected chi connectivity index (χ4v) is 3.93. The van der Waals surface area contributed by atoms with E-state index >= 15 is 0 Å². The first-order valence-electron chi connectivity index (χ1n) is 9.70. The summed E-state index contributed by atoms with van der Waals surface area (Å²) in [6.07, 6.45) is 3.47. The average molecular weight is 377 g/mol. The van der Waals surface area contributed by atoms with Crippen LogP contribution in [0.1, 0.15) is 18.5 Å². The van der Waals surface area contributed by atoms with Gasteiger partial charge in [-0.1, -0.05) is 18.2 Å². The summed E-state index contributed by atoms with van der Waals surface area (Å²) in [5.41, 5.74) is 2.79. The van der Waals surface area contributed by atoms with Crippen molar-refractivity contribution in [2.75, 3.05) is 36.5 Å². The maximum atomic E-state index is 5.82.